The van der Waals surface area contributed by atoms with Crippen LogP contribution >= 0.6 is 12.4 Å². The number of rotatable bonds is 2. The Labute approximate surface area is 127 Å². The molecule has 1 fully saturated rings. The molecule has 21 heavy (non-hydrogen) atoms. The fraction of sp³-hybridized carbons (Fsp3) is 0.500. The Morgan fingerprint density at radius 1 is 1.29 bits per heavy atom. The average Bonchev–Trinajstić information content (AvgIpc) is 2.40. The maximum absolute atomic E-state index is 12.8. The summed E-state index contributed by atoms with van der Waals surface area (Å²) in [6, 6.07) is 3.87. The van der Waals surface area contributed by atoms with Crippen LogP contribution in [0.2, 0.25) is 0 Å². The summed E-state index contributed by atoms with van der Waals surface area (Å²) in [6.07, 6.45) is -2.98. The molecule has 118 valence electrons. The molecule has 0 aliphatic carbocycles. The highest BCUT2D eigenvalue weighted by Crippen LogP contribution is 2.33. The lowest BCUT2D eigenvalue weighted by Crippen LogP contribution is -2.34. The van der Waals surface area contributed by atoms with E-state index in [1.165, 1.54) is 19.1 Å². The molecule has 3 nitrogen and oxygen atoms in total. The fourth-order valence-electron chi connectivity index (χ4n) is 2.33. The van der Waals surface area contributed by atoms with Crippen LogP contribution in [-0.2, 0) is 11.0 Å². The zero-order valence-electron chi connectivity index (χ0n) is 11.6. The largest absolute Gasteiger partial charge is 0.416 e. The van der Waals surface area contributed by atoms with Crippen molar-refractivity contribution in [2.24, 2.45) is 5.92 Å². The molecule has 0 unspecified atom stereocenters. The van der Waals surface area contributed by atoms with Crippen molar-refractivity contribution < 1.29 is 18.0 Å². The van der Waals surface area contributed by atoms with Gasteiger partial charge in [-0.2, -0.15) is 13.2 Å². The molecular formula is C14H18ClF3N2O. The Hall–Kier alpha value is -1.27. The highest BCUT2D eigenvalue weighted by molar-refractivity contribution is 5.92. The van der Waals surface area contributed by atoms with Crippen molar-refractivity contribution in [3.8, 4) is 0 Å². The van der Waals surface area contributed by atoms with E-state index in [1.54, 1.807) is 0 Å². The molecule has 7 heteroatoms. The number of hydrogen-bond acceptors (Lipinski definition) is 2. The summed E-state index contributed by atoms with van der Waals surface area (Å²) in [7, 11) is 0. The van der Waals surface area contributed by atoms with Crippen LogP contribution in [0.3, 0.4) is 0 Å². The van der Waals surface area contributed by atoms with Crippen molar-refractivity contribution in [2.45, 2.75) is 25.9 Å². The molecule has 0 saturated carbocycles. The van der Waals surface area contributed by atoms with Crippen molar-refractivity contribution in [2.75, 3.05) is 18.4 Å². The molecule has 0 aromatic heterocycles. The summed E-state index contributed by atoms with van der Waals surface area (Å²) in [6.45, 7) is 2.93. The number of aryl methyl sites for hydroxylation is 1. The van der Waals surface area contributed by atoms with Gasteiger partial charge in [-0.05, 0) is 50.6 Å². The van der Waals surface area contributed by atoms with E-state index in [1.807, 2.05) is 0 Å². The summed E-state index contributed by atoms with van der Waals surface area (Å²) in [5, 5.41) is 5.73. The highest BCUT2D eigenvalue weighted by atomic mass is 35.5. The van der Waals surface area contributed by atoms with E-state index in [9.17, 15) is 18.0 Å². The number of halogens is 4. The summed E-state index contributed by atoms with van der Waals surface area (Å²) < 4.78 is 38.4. The third kappa shape index (κ3) is 4.61. The maximum atomic E-state index is 12.8. The first-order chi connectivity index (χ1) is 9.38. The number of piperidine rings is 1. The Morgan fingerprint density at radius 3 is 2.48 bits per heavy atom. The lowest BCUT2D eigenvalue weighted by molar-refractivity contribution is -0.138. The van der Waals surface area contributed by atoms with E-state index in [0.717, 1.165) is 19.2 Å². The zero-order chi connectivity index (χ0) is 14.8. The number of hydrogen-bond donors (Lipinski definition) is 2. The Morgan fingerprint density at radius 2 is 1.90 bits per heavy atom. The second-order valence-electron chi connectivity index (χ2n) is 5.04. The molecule has 0 atom stereocenters. The SMILES string of the molecule is Cc1ccc(NC(=O)C2CCNCC2)cc1C(F)(F)F.Cl. The first-order valence-electron chi connectivity index (χ1n) is 6.57. The van der Waals surface area contributed by atoms with Crippen LogP contribution in [0, 0.1) is 12.8 Å². The molecule has 0 radical (unpaired) electrons. The van der Waals surface area contributed by atoms with Crippen LogP contribution in [0.15, 0.2) is 18.2 Å². The van der Waals surface area contributed by atoms with Gasteiger partial charge in [-0.15, -0.1) is 12.4 Å². The number of carbonyl (C=O) groups excluding carboxylic acids is 1. The lowest BCUT2D eigenvalue weighted by atomic mass is 9.97. The van der Waals surface area contributed by atoms with Crippen LogP contribution in [0.4, 0.5) is 18.9 Å². The number of anilines is 1. The zero-order valence-corrected chi connectivity index (χ0v) is 12.4. The van der Waals surface area contributed by atoms with Crippen LogP contribution < -0.4 is 10.6 Å². The quantitative estimate of drug-likeness (QED) is 0.876. The number of benzene rings is 1. The normalized spacial score (nSPS) is 16.2. The van der Waals surface area contributed by atoms with Crippen molar-refractivity contribution in [1.29, 1.82) is 0 Å². The molecule has 0 spiro atoms. The Kier molecular flexibility index (Phi) is 6.04. The van der Waals surface area contributed by atoms with Crippen molar-refractivity contribution >= 4 is 24.0 Å². The average molecular weight is 323 g/mol. The van der Waals surface area contributed by atoms with Crippen LogP contribution in [0.1, 0.15) is 24.0 Å². The van der Waals surface area contributed by atoms with Crippen LogP contribution in [-0.4, -0.2) is 19.0 Å². The number of alkyl halides is 3. The summed E-state index contributed by atoms with van der Waals surface area (Å²) in [4.78, 5) is 12.0. The Bertz CT molecular complexity index is 499. The van der Waals surface area contributed by atoms with E-state index >= 15 is 0 Å². The maximum Gasteiger partial charge on any atom is 0.416 e. The standard InChI is InChI=1S/C14H17F3N2O.ClH/c1-9-2-3-11(8-12(9)14(15,16)17)19-13(20)10-4-6-18-7-5-10;/h2-3,8,10,18H,4-7H2,1H3,(H,19,20);1H. The third-order valence-electron chi connectivity index (χ3n) is 3.52. The summed E-state index contributed by atoms with van der Waals surface area (Å²) >= 11 is 0. The van der Waals surface area contributed by atoms with Gasteiger partial charge >= 0.3 is 6.18 Å². The van der Waals surface area contributed by atoms with Gasteiger partial charge in [0.15, 0.2) is 0 Å². The molecule has 0 bridgehead atoms. The molecular weight excluding hydrogens is 305 g/mol. The molecule has 1 heterocycles. The van der Waals surface area contributed by atoms with Gasteiger partial charge in [0.05, 0.1) is 5.56 Å². The topological polar surface area (TPSA) is 41.1 Å². The molecule has 1 aliphatic rings. The van der Waals surface area contributed by atoms with Gasteiger partial charge in [0.1, 0.15) is 0 Å². The van der Waals surface area contributed by atoms with Crippen LogP contribution in [0.5, 0.6) is 0 Å². The van der Waals surface area contributed by atoms with E-state index in [2.05, 4.69) is 10.6 Å². The minimum absolute atomic E-state index is 0. The molecule has 2 rings (SSSR count). The number of amides is 1. The number of nitrogens with one attached hydrogen (secondary N) is 2. The second-order valence-corrected chi connectivity index (χ2v) is 5.04. The minimum Gasteiger partial charge on any atom is -0.326 e. The minimum atomic E-state index is -4.40. The molecule has 1 saturated heterocycles. The molecule has 1 aromatic rings. The van der Waals surface area contributed by atoms with Gasteiger partial charge in [-0.25, -0.2) is 0 Å². The summed E-state index contributed by atoms with van der Waals surface area (Å²) in [5.74, 6) is -0.338. The number of carbonyl (C=O) groups is 1. The second kappa shape index (κ2) is 7.13. The van der Waals surface area contributed by atoms with E-state index < -0.39 is 11.7 Å². The van der Waals surface area contributed by atoms with Gasteiger partial charge in [-0.1, -0.05) is 6.07 Å². The molecule has 2 N–H and O–H groups in total. The van der Waals surface area contributed by atoms with Crippen molar-refractivity contribution in [3.05, 3.63) is 29.3 Å². The van der Waals surface area contributed by atoms with Gasteiger partial charge in [0.25, 0.3) is 0 Å². The fourth-order valence-corrected chi connectivity index (χ4v) is 2.33. The smallest absolute Gasteiger partial charge is 0.326 e. The highest BCUT2D eigenvalue weighted by Gasteiger charge is 2.32. The first-order valence-corrected chi connectivity index (χ1v) is 6.57. The van der Waals surface area contributed by atoms with E-state index in [4.69, 9.17) is 0 Å². The molecule has 1 amide bonds. The van der Waals surface area contributed by atoms with Crippen LogP contribution in [0.25, 0.3) is 0 Å². The molecule has 1 aliphatic heterocycles. The van der Waals surface area contributed by atoms with Crippen molar-refractivity contribution in [3.63, 3.8) is 0 Å². The van der Waals surface area contributed by atoms with Gasteiger partial charge < -0.3 is 10.6 Å². The van der Waals surface area contributed by atoms with Gasteiger partial charge in [0.2, 0.25) is 5.91 Å². The third-order valence-corrected chi connectivity index (χ3v) is 3.52. The van der Waals surface area contributed by atoms with E-state index in [-0.39, 0.29) is 35.5 Å². The van der Waals surface area contributed by atoms with Gasteiger partial charge in [0, 0.05) is 11.6 Å². The van der Waals surface area contributed by atoms with Gasteiger partial charge in [-0.3, -0.25) is 4.79 Å². The van der Waals surface area contributed by atoms with E-state index in [0.29, 0.717) is 12.8 Å². The monoisotopic (exact) mass is 322 g/mol. The Balaban J connectivity index is 0.00000220. The predicted molar refractivity (Wildman–Crippen MR) is 77.7 cm³/mol. The molecule has 1 aromatic carbocycles. The predicted octanol–water partition coefficient (Wildman–Crippen LogP) is 3.37. The first kappa shape index (κ1) is 17.8. The van der Waals surface area contributed by atoms with Crippen molar-refractivity contribution in [1.82, 2.24) is 5.32 Å². The summed E-state index contributed by atoms with van der Waals surface area (Å²) in [5.41, 5.74) is -0.357. The lowest BCUT2D eigenvalue weighted by Gasteiger charge is -2.22.